The highest BCUT2D eigenvalue weighted by molar-refractivity contribution is 7.15. The number of halogens is 1. The second kappa shape index (κ2) is 6.85. The van der Waals surface area contributed by atoms with Crippen molar-refractivity contribution < 1.29 is 19.1 Å². The number of benzene rings is 1. The molecule has 0 spiro atoms. The van der Waals surface area contributed by atoms with Gasteiger partial charge in [-0.1, -0.05) is 23.7 Å². The van der Waals surface area contributed by atoms with Gasteiger partial charge >= 0.3 is 5.97 Å². The maximum Gasteiger partial charge on any atom is 0.349 e. The predicted octanol–water partition coefficient (Wildman–Crippen LogP) is 4.03. The lowest BCUT2D eigenvalue weighted by molar-refractivity contribution is 0.0323. The molecule has 2 rings (SSSR count). The van der Waals surface area contributed by atoms with Crippen LogP contribution in [0.1, 0.15) is 43.5 Å². The van der Waals surface area contributed by atoms with Crippen LogP contribution in [0.3, 0.4) is 0 Å². The maximum absolute atomic E-state index is 12.2. The van der Waals surface area contributed by atoms with Crippen LogP contribution in [-0.4, -0.2) is 23.6 Å². The van der Waals surface area contributed by atoms with Crippen molar-refractivity contribution in [2.24, 2.45) is 0 Å². The maximum atomic E-state index is 12.2. The number of Topliss-reactive ketones (excluding diaryl/α,β-unsaturated/α-hetero) is 2. The van der Waals surface area contributed by atoms with Crippen LogP contribution in [-0.2, 0) is 4.74 Å². The predicted molar refractivity (Wildman–Crippen MR) is 85.0 cm³/mol. The minimum Gasteiger partial charge on any atom is -0.450 e. The van der Waals surface area contributed by atoms with Crippen molar-refractivity contribution in [2.75, 3.05) is 0 Å². The summed E-state index contributed by atoms with van der Waals surface area (Å²) in [5, 5.41) is 0.439. The number of rotatable bonds is 5. The van der Waals surface area contributed by atoms with E-state index in [-0.39, 0.29) is 16.4 Å². The summed E-state index contributed by atoms with van der Waals surface area (Å²) in [6, 6.07) is 9.52. The molecule has 0 aliphatic carbocycles. The van der Waals surface area contributed by atoms with Crippen LogP contribution in [0, 0.1) is 0 Å². The van der Waals surface area contributed by atoms with Crippen LogP contribution in [0.25, 0.3) is 0 Å². The van der Waals surface area contributed by atoms with Crippen molar-refractivity contribution >= 4 is 40.5 Å². The number of hydrogen-bond acceptors (Lipinski definition) is 5. The monoisotopic (exact) mass is 336 g/mol. The molecule has 22 heavy (non-hydrogen) atoms. The molecule has 4 nitrogen and oxygen atoms in total. The van der Waals surface area contributed by atoms with Gasteiger partial charge in [0.25, 0.3) is 0 Å². The van der Waals surface area contributed by atoms with E-state index in [1.165, 1.54) is 26.0 Å². The molecular weight excluding hydrogens is 324 g/mol. The van der Waals surface area contributed by atoms with Crippen molar-refractivity contribution in [2.45, 2.75) is 20.0 Å². The normalized spacial score (nSPS) is 11.8. The molecule has 0 saturated carbocycles. The first-order chi connectivity index (χ1) is 10.4. The average Bonchev–Trinajstić information content (AvgIpc) is 2.96. The van der Waals surface area contributed by atoms with Gasteiger partial charge < -0.3 is 4.74 Å². The van der Waals surface area contributed by atoms with Gasteiger partial charge in [-0.05, 0) is 38.1 Å². The summed E-state index contributed by atoms with van der Waals surface area (Å²) in [5.41, 5.74) is 0.378. The molecule has 1 heterocycles. The van der Waals surface area contributed by atoms with Gasteiger partial charge in [0, 0.05) is 10.6 Å². The Balaban J connectivity index is 2.07. The molecule has 0 saturated heterocycles. The fraction of sp³-hybridized carbons (Fsp3) is 0.188. The Labute approximate surface area is 136 Å². The number of ether oxygens (including phenoxy) is 1. The summed E-state index contributed by atoms with van der Waals surface area (Å²) >= 11 is 6.88. The largest absolute Gasteiger partial charge is 0.450 e. The van der Waals surface area contributed by atoms with Gasteiger partial charge in [-0.2, -0.15) is 0 Å². The van der Waals surface area contributed by atoms with E-state index >= 15 is 0 Å². The molecule has 0 radical (unpaired) electrons. The fourth-order valence-corrected chi connectivity index (χ4v) is 2.76. The molecule has 1 atom stereocenters. The number of hydrogen-bond donors (Lipinski definition) is 0. The molecule has 1 unspecified atom stereocenters. The molecule has 0 aliphatic rings. The number of carbonyl (C=O) groups excluding carboxylic acids is 3. The van der Waals surface area contributed by atoms with Gasteiger partial charge in [0.15, 0.2) is 11.9 Å². The van der Waals surface area contributed by atoms with E-state index in [9.17, 15) is 14.4 Å². The summed E-state index contributed by atoms with van der Waals surface area (Å²) in [7, 11) is 0. The molecule has 1 aromatic heterocycles. The molecule has 0 bridgehead atoms. The zero-order valence-corrected chi connectivity index (χ0v) is 13.5. The lowest BCUT2D eigenvalue weighted by Gasteiger charge is -2.11. The standard InChI is InChI=1S/C16H13ClO4S/c1-9(18)13-6-7-14(22-13)16(20)21-10(2)15(19)11-4-3-5-12(17)8-11/h3-8,10H,1-2H3. The first-order valence-corrected chi connectivity index (χ1v) is 7.69. The van der Waals surface area contributed by atoms with Crippen LogP contribution < -0.4 is 0 Å². The summed E-state index contributed by atoms with van der Waals surface area (Å²) in [6.45, 7) is 2.92. The van der Waals surface area contributed by atoms with Crippen LogP contribution in [0.2, 0.25) is 5.02 Å². The highest BCUT2D eigenvalue weighted by Crippen LogP contribution is 2.19. The van der Waals surface area contributed by atoms with Crippen LogP contribution in [0.4, 0.5) is 0 Å². The van der Waals surface area contributed by atoms with Gasteiger partial charge in [0.05, 0.1) is 4.88 Å². The van der Waals surface area contributed by atoms with Gasteiger partial charge in [-0.15, -0.1) is 11.3 Å². The number of thiophene rings is 1. The first-order valence-electron chi connectivity index (χ1n) is 6.50. The Morgan fingerprint density at radius 1 is 1.14 bits per heavy atom. The van der Waals surface area contributed by atoms with E-state index in [0.717, 1.165) is 11.3 Å². The highest BCUT2D eigenvalue weighted by Gasteiger charge is 2.22. The Hall–Kier alpha value is -1.98. The van der Waals surface area contributed by atoms with Gasteiger partial charge in [-0.25, -0.2) is 4.79 Å². The van der Waals surface area contributed by atoms with E-state index in [1.807, 2.05) is 0 Å². The Morgan fingerprint density at radius 2 is 1.82 bits per heavy atom. The Kier molecular flexibility index (Phi) is 5.11. The molecule has 0 fully saturated rings. The van der Waals surface area contributed by atoms with E-state index in [1.54, 1.807) is 24.3 Å². The van der Waals surface area contributed by atoms with Crippen LogP contribution in [0.5, 0.6) is 0 Å². The van der Waals surface area contributed by atoms with Gasteiger partial charge in [0.1, 0.15) is 4.88 Å². The molecule has 114 valence electrons. The summed E-state index contributed by atoms with van der Waals surface area (Å²) < 4.78 is 5.15. The summed E-state index contributed by atoms with van der Waals surface area (Å²) in [4.78, 5) is 36.2. The van der Waals surface area contributed by atoms with Crippen molar-refractivity contribution in [1.29, 1.82) is 0 Å². The smallest absolute Gasteiger partial charge is 0.349 e. The first kappa shape index (κ1) is 16.4. The van der Waals surface area contributed by atoms with Crippen molar-refractivity contribution in [3.63, 3.8) is 0 Å². The molecule has 2 aromatic rings. The van der Waals surface area contributed by atoms with E-state index in [2.05, 4.69) is 0 Å². The van der Waals surface area contributed by atoms with E-state index in [0.29, 0.717) is 15.5 Å². The van der Waals surface area contributed by atoms with Crippen molar-refractivity contribution in [3.8, 4) is 0 Å². The van der Waals surface area contributed by atoms with E-state index in [4.69, 9.17) is 16.3 Å². The summed E-state index contributed by atoms with van der Waals surface area (Å²) in [6.07, 6.45) is -0.936. The zero-order chi connectivity index (χ0) is 16.3. The molecule has 1 aromatic carbocycles. The van der Waals surface area contributed by atoms with Crippen molar-refractivity contribution in [3.05, 3.63) is 56.7 Å². The lowest BCUT2D eigenvalue weighted by atomic mass is 10.1. The molecule has 0 N–H and O–H groups in total. The number of ketones is 2. The topological polar surface area (TPSA) is 60.4 Å². The number of esters is 1. The average molecular weight is 337 g/mol. The lowest BCUT2D eigenvalue weighted by Crippen LogP contribution is -2.24. The van der Waals surface area contributed by atoms with Crippen LogP contribution >= 0.6 is 22.9 Å². The van der Waals surface area contributed by atoms with Gasteiger partial charge in [-0.3, -0.25) is 9.59 Å². The summed E-state index contributed by atoms with van der Waals surface area (Å²) in [5.74, 6) is -1.08. The fourth-order valence-electron chi connectivity index (χ4n) is 1.79. The number of carbonyl (C=O) groups is 3. The molecule has 6 heteroatoms. The zero-order valence-electron chi connectivity index (χ0n) is 12.0. The minimum atomic E-state index is -0.936. The van der Waals surface area contributed by atoms with Crippen LogP contribution in [0.15, 0.2) is 36.4 Å². The highest BCUT2D eigenvalue weighted by atomic mass is 35.5. The van der Waals surface area contributed by atoms with Gasteiger partial charge in [0.2, 0.25) is 5.78 Å². The third kappa shape index (κ3) is 3.81. The molecule has 0 amide bonds. The quantitative estimate of drug-likeness (QED) is 0.611. The third-order valence-electron chi connectivity index (χ3n) is 2.92. The second-order valence-corrected chi connectivity index (χ2v) is 6.16. The Morgan fingerprint density at radius 3 is 2.41 bits per heavy atom. The second-order valence-electron chi connectivity index (χ2n) is 4.64. The molecular formula is C16H13ClO4S. The molecule has 0 aliphatic heterocycles. The SMILES string of the molecule is CC(=O)c1ccc(C(=O)OC(C)C(=O)c2cccc(Cl)c2)s1. The van der Waals surface area contributed by atoms with Crippen molar-refractivity contribution in [1.82, 2.24) is 0 Å². The Bertz CT molecular complexity index is 735. The minimum absolute atomic E-state index is 0.118. The van der Waals surface area contributed by atoms with E-state index < -0.39 is 12.1 Å². The third-order valence-corrected chi connectivity index (χ3v) is 4.32.